The quantitative estimate of drug-likeness (QED) is 0.0978. The number of aromatic nitrogens is 11. The Balaban J connectivity index is 0.000000213. The van der Waals surface area contributed by atoms with Gasteiger partial charge in [0.05, 0.1) is 35.2 Å². The van der Waals surface area contributed by atoms with Gasteiger partial charge in [0.2, 0.25) is 11.9 Å². The normalized spacial score (nSPS) is 12.9. The van der Waals surface area contributed by atoms with Crippen LogP contribution in [0.15, 0.2) is 61.3 Å². The summed E-state index contributed by atoms with van der Waals surface area (Å²) < 4.78 is 11.6. The van der Waals surface area contributed by atoms with Crippen LogP contribution in [0.3, 0.4) is 0 Å². The van der Waals surface area contributed by atoms with E-state index in [1.165, 1.54) is 22.0 Å². The highest BCUT2D eigenvalue weighted by Crippen LogP contribution is 2.26. The molecule has 2 aliphatic rings. The number of hydrogen-bond donors (Lipinski definition) is 5. The molecule has 0 fully saturated rings. The van der Waals surface area contributed by atoms with Crippen molar-refractivity contribution in [2.75, 3.05) is 25.1 Å². The van der Waals surface area contributed by atoms with Crippen LogP contribution in [0.25, 0.3) is 11.1 Å². The van der Waals surface area contributed by atoms with Gasteiger partial charge in [-0.2, -0.15) is 30.7 Å². The van der Waals surface area contributed by atoms with Gasteiger partial charge in [-0.3, -0.25) is 19.7 Å². The molecule has 5 N–H and O–H groups in total. The van der Waals surface area contributed by atoms with Gasteiger partial charge in [0.25, 0.3) is 0 Å². The van der Waals surface area contributed by atoms with E-state index in [1.807, 2.05) is 34.7 Å². The molecular weight excluding hydrogens is 853 g/mol. The zero-order valence-electron chi connectivity index (χ0n) is 30.8. The van der Waals surface area contributed by atoms with Gasteiger partial charge in [0, 0.05) is 54.9 Å². The summed E-state index contributed by atoms with van der Waals surface area (Å²) in [6, 6.07) is 10.1. The molecule has 1 amide bonds. The number of fused-ring (bicyclic) bond motifs is 2. The first-order valence-electron chi connectivity index (χ1n) is 17.8. The van der Waals surface area contributed by atoms with Gasteiger partial charge in [-0.05, 0) is 66.5 Å². The SMILES string of the molecule is CCOC(=O)c1[nH]ncc1I.CCOC(=O)c1ccn[nH]1.O=C(O)c1nn(CC(=O)N2CCc3n[nH]nc3C2)cc1-c1cnc(NC2Cc3ccccc3C2)nc1. The lowest BCUT2D eigenvalue weighted by Crippen LogP contribution is -2.38. The van der Waals surface area contributed by atoms with E-state index in [0.29, 0.717) is 61.2 Å². The van der Waals surface area contributed by atoms with Crippen LogP contribution in [0.2, 0.25) is 0 Å². The highest BCUT2D eigenvalue weighted by molar-refractivity contribution is 14.1. The lowest BCUT2D eigenvalue weighted by molar-refractivity contribution is -0.133. The van der Waals surface area contributed by atoms with Gasteiger partial charge >= 0.3 is 17.9 Å². The third-order valence-corrected chi connectivity index (χ3v) is 9.51. The topological polar surface area (TPSA) is 265 Å². The smallest absolute Gasteiger partial charge is 0.357 e. The number of carboxylic acid groups (broad SMARTS) is 1. The van der Waals surface area contributed by atoms with Crippen LogP contribution in [0.4, 0.5) is 5.95 Å². The summed E-state index contributed by atoms with van der Waals surface area (Å²) >= 11 is 2.02. The number of carbonyl (C=O) groups excluding carboxylic acids is 3. The number of hydrogen-bond acceptors (Lipinski definition) is 14. The minimum absolute atomic E-state index is 0.0871. The zero-order valence-corrected chi connectivity index (χ0v) is 33.0. The lowest BCUT2D eigenvalue weighted by atomic mass is 10.1. The molecular formula is C36H38IN13O7. The number of benzene rings is 1. The molecule has 1 aliphatic carbocycles. The van der Waals surface area contributed by atoms with Gasteiger partial charge in [-0.1, -0.05) is 24.3 Å². The molecule has 0 atom stereocenters. The van der Waals surface area contributed by atoms with Crippen molar-refractivity contribution < 1.29 is 33.8 Å². The number of aromatic amines is 3. The number of carbonyl (C=O) groups is 4. The summed E-state index contributed by atoms with van der Waals surface area (Å²) in [6.07, 6.45) is 10.2. The van der Waals surface area contributed by atoms with Gasteiger partial charge in [0.15, 0.2) is 11.4 Å². The summed E-state index contributed by atoms with van der Waals surface area (Å²) in [4.78, 5) is 57.0. The molecule has 5 aromatic heterocycles. The first kappa shape index (κ1) is 40.2. The Labute approximate surface area is 338 Å². The summed E-state index contributed by atoms with van der Waals surface area (Å²) in [6.45, 7) is 5.09. The molecule has 0 saturated heterocycles. The van der Waals surface area contributed by atoms with E-state index in [4.69, 9.17) is 4.74 Å². The molecule has 57 heavy (non-hydrogen) atoms. The first-order chi connectivity index (χ1) is 27.6. The summed E-state index contributed by atoms with van der Waals surface area (Å²) in [5, 5.41) is 40.3. The Kier molecular flexibility index (Phi) is 13.3. The number of ether oxygens (including phenoxy) is 2. The Bertz CT molecular complexity index is 2280. The second kappa shape index (κ2) is 18.9. The molecule has 20 nitrogen and oxygen atoms in total. The van der Waals surface area contributed by atoms with E-state index >= 15 is 0 Å². The number of H-pyrrole nitrogens is 3. The third-order valence-electron chi connectivity index (χ3n) is 8.69. The van der Waals surface area contributed by atoms with Crippen molar-refractivity contribution in [1.82, 2.24) is 60.5 Å². The van der Waals surface area contributed by atoms with Crippen LogP contribution < -0.4 is 5.32 Å². The van der Waals surface area contributed by atoms with Crippen molar-refractivity contribution in [3.8, 4) is 11.1 Å². The maximum absolute atomic E-state index is 12.8. The molecule has 0 spiro atoms. The van der Waals surface area contributed by atoms with Crippen molar-refractivity contribution >= 4 is 52.4 Å². The number of esters is 2. The standard InChI is InChI=1S/C24H23N9O3.C6H7IN2O2.C6H8N2O2/c34-21(32-6-5-19-20(12-32)29-31-28-19)13-33-11-18(22(30-33)23(35)36)16-9-25-24(26-10-16)27-17-7-14-3-1-2-4-15(14)8-17;1-2-11-6(10)5-4(7)3-8-9-5;1-2-10-6(9)5-3-4-7-8-5/h1-4,9-11,17H,5-8,12-13H2,(H,35,36)(H,25,26,27)(H,28,29,31);3H,2H2,1H3,(H,8,9);3-4H,2H2,1H3,(H,7,8). The maximum atomic E-state index is 12.8. The van der Waals surface area contributed by atoms with E-state index in [0.717, 1.165) is 27.8 Å². The molecule has 296 valence electrons. The molecule has 21 heteroatoms. The van der Waals surface area contributed by atoms with Crippen molar-refractivity contribution in [1.29, 1.82) is 0 Å². The fraction of sp³-hybridized carbons (Fsp3) is 0.306. The first-order valence-corrected chi connectivity index (χ1v) is 18.9. The van der Waals surface area contributed by atoms with Crippen LogP contribution in [0.1, 0.15) is 67.8 Å². The molecule has 0 saturated carbocycles. The third kappa shape index (κ3) is 10.2. The number of aromatic carboxylic acids is 1. The summed E-state index contributed by atoms with van der Waals surface area (Å²) in [7, 11) is 0. The van der Waals surface area contributed by atoms with Crippen LogP contribution in [-0.2, 0) is 46.6 Å². The number of amides is 1. The highest BCUT2D eigenvalue weighted by Gasteiger charge is 2.26. The van der Waals surface area contributed by atoms with Crippen LogP contribution >= 0.6 is 22.6 Å². The Morgan fingerprint density at radius 3 is 2.26 bits per heavy atom. The predicted octanol–water partition coefficient (Wildman–Crippen LogP) is 3.10. The summed E-state index contributed by atoms with van der Waals surface area (Å²) in [5.74, 6) is -1.60. The zero-order chi connectivity index (χ0) is 40.3. The number of nitrogens with zero attached hydrogens (tertiary/aromatic N) is 9. The maximum Gasteiger partial charge on any atom is 0.357 e. The van der Waals surface area contributed by atoms with Gasteiger partial charge in [-0.25, -0.2) is 24.4 Å². The molecule has 0 unspecified atom stereocenters. The fourth-order valence-electron chi connectivity index (χ4n) is 6.01. The van der Waals surface area contributed by atoms with Gasteiger partial charge in [0.1, 0.15) is 17.9 Å². The minimum atomic E-state index is -1.19. The molecule has 0 radical (unpaired) electrons. The monoisotopic (exact) mass is 891 g/mol. The predicted molar refractivity (Wildman–Crippen MR) is 209 cm³/mol. The van der Waals surface area contributed by atoms with Crippen molar-refractivity contribution in [3.05, 3.63) is 104 Å². The Morgan fingerprint density at radius 1 is 0.930 bits per heavy atom. The number of anilines is 1. The van der Waals surface area contributed by atoms with Crippen molar-refractivity contribution in [3.63, 3.8) is 0 Å². The largest absolute Gasteiger partial charge is 0.476 e. The molecule has 8 rings (SSSR count). The molecule has 6 aromatic rings. The molecule has 1 aliphatic heterocycles. The number of rotatable bonds is 10. The van der Waals surface area contributed by atoms with Crippen LogP contribution in [-0.4, -0.2) is 115 Å². The number of halogens is 1. The van der Waals surface area contributed by atoms with E-state index in [9.17, 15) is 24.3 Å². The summed E-state index contributed by atoms with van der Waals surface area (Å²) in [5.41, 5.74) is 5.78. The van der Waals surface area contributed by atoms with E-state index in [1.54, 1.807) is 49.6 Å². The molecule has 0 bridgehead atoms. The van der Waals surface area contributed by atoms with E-state index in [2.05, 4.69) is 73.1 Å². The second-order valence-corrected chi connectivity index (χ2v) is 13.7. The minimum Gasteiger partial charge on any atom is -0.476 e. The molecule has 1 aromatic carbocycles. The van der Waals surface area contributed by atoms with Gasteiger partial charge < -0.3 is 24.8 Å². The second-order valence-electron chi connectivity index (χ2n) is 12.5. The molecule has 6 heterocycles. The van der Waals surface area contributed by atoms with Crippen LogP contribution in [0, 0.1) is 3.57 Å². The Morgan fingerprint density at radius 2 is 1.63 bits per heavy atom. The van der Waals surface area contributed by atoms with E-state index < -0.39 is 5.97 Å². The van der Waals surface area contributed by atoms with Crippen molar-refractivity contribution in [2.45, 2.75) is 52.2 Å². The van der Waals surface area contributed by atoms with Crippen molar-refractivity contribution in [2.24, 2.45) is 0 Å². The fourth-order valence-corrected chi connectivity index (χ4v) is 6.49. The number of carboxylic acids is 1. The van der Waals surface area contributed by atoms with E-state index in [-0.39, 0.29) is 36.1 Å². The van der Waals surface area contributed by atoms with Gasteiger partial charge in [-0.15, -0.1) is 0 Å². The average molecular weight is 892 g/mol. The lowest BCUT2D eigenvalue weighted by Gasteiger charge is -2.25. The number of nitrogens with one attached hydrogen (secondary N) is 4. The highest BCUT2D eigenvalue weighted by atomic mass is 127. The van der Waals surface area contributed by atoms with Crippen LogP contribution in [0.5, 0.6) is 0 Å². The average Bonchev–Trinajstić information content (AvgIpc) is 4.06. The Hall–Kier alpha value is -6.52.